The molecule has 0 fully saturated rings. The molecule has 3 nitrogen and oxygen atoms in total. The number of aromatic amines is 1. The van der Waals surface area contributed by atoms with Gasteiger partial charge in [-0.25, -0.2) is 0 Å². The maximum absolute atomic E-state index is 5.84. The molecule has 2 rings (SSSR count). The number of H-pyrrole nitrogens is 1. The Morgan fingerprint density at radius 2 is 2.33 bits per heavy atom. The van der Waals surface area contributed by atoms with Gasteiger partial charge in [-0.3, -0.25) is 5.10 Å². The van der Waals surface area contributed by atoms with Crippen molar-refractivity contribution in [2.24, 2.45) is 5.73 Å². The number of hydrogen-bond acceptors (Lipinski definition) is 2. The Balaban J connectivity index is 2.81. The Morgan fingerprint density at radius 3 is 3.08 bits per heavy atom. The number of benzene rings is 1. The molecular weight excluding hydrogens is 174 g/mol. The smallest absolute Gasteiger partial charge is 0.132 e. The van der Waals surface area contributed by atoms with E-state index in [9.17, 15) is 0 Å². The number of halogens is 1. The zero-order valence-corrected chi connectivity index (χ0v) is 7.10. The van der Waals surface area contributed by atoms with E-state index in [2.05, 4.69) is 10.2 Å². The predicted octanol–water partition coefficient (Wildman–Crippen LogP) is 1.67. The number of aromatic nitrogens is 2. The number of nitrogens with zero attached hydrogens (tertiary/aromatic N) is 1. The van der Waals surface area contributed by atoms with Crippen molar-refractivity contribution in [1.82, 2.24) is 10.2 Å². The first-order valence-electron chi connectivity index (χ1n) is 3.64. The van der Waals surface area contributed by atoms with Crippen LogP contribution in [0.5, 0.6) is 0 Å². The molecule has 0 radical (unpaired) electrons. The van der Waals surface area contributed by atoms with Crippen molar-refractivity contribution in [3.63, 3.8) is 0 Å². The molecule has 1 aromatic heterocycles. The highest BCUT2D eigenvalue weighted by Gasteiger charge is 2.04. The van der Waals surface area contributed by atoms with Gasteiger partial charge in [-0.2, -0.15) is 5.10 Å². The number of para-hydroxylation sites is 1. The third kappa shape index (κ3) is 0.983. The van der Waals surface area contributed by atoms with Crippen LogP contribution in [0.4, 0.5) is 0 Å². The number of rotatable bonds is 1. The minimum absolute atomic E-state index is 0.485. The summed E-state index contributed by atoms with van der Waals surface area (Å²) in [6.45, 7) is 0.485. The largest absolute Gasteiger partial charge is 0.326 e. The van der Waals surface area contributed by atoms with Crippen LogP contribution in [-0.2, 0) is 6.54 Å². The highest BCUT2D eigenvalue weighted by molar-refractivity contribution is 6.34. The fourth-order valence-corrected chi connectivity index (χ4v) is 1.43. The van der Waals surface area contributed by atoms with Crippen molar-refractivity contribution < 1.29 is 0 Å². The molecule has 62 valence electrons. The quantitative estimate of drug-likeness (QED) is 0.703. The van der Waals surface area contributed by atoms with Crippen LogP contribution in [0.1, 0.15) is 5.56 Å². The Bertz CT molecular complexity index is 408. The lowest BCUT2D eigenvalue weighted by Gasteiger charge is -1.95. The fourth-order valence-electron chi connectivity index (χ4n) is 1.23. The van der Waals surface area contributed by atoms with E-state index >= 15 is 0 Å². The molecule has 0 unspecified atom stereocenters. The number of nitrogens with two attached hydrogens (primary N) is 1. The molecule has 0 amide bonds. The van der Waals surface area contributed by atoms with Crippen molar-refractivity contribution >= 4 is 22.5 Å². The zero-order chi connectivity index (χ0) is 8.55. The molecule has 0 saturated heterocycles. The van der Waals surface area contributed by atoms with Crippen LogP contribution in [0.2, 0.25) is 5.15 Å². The van der Waals surface area contributed by atoms with Gasteiger partial charge in [0.15, 0.2) is 0 Å². The normalized spacial score (nSPS) is 10.8. The van der Waals surface area contributed by atoms with E-state index in [1.54, 1.807) is 0 Å². The van der Waals surface area contributed by atoms with Crippen LogP contribution in [0.25, 0.3) is 10.9 Å². The summed E-state index contributed by atoms with van der Waals surface area (Å²) >= 11 is 5.84. The Morgan fingerprint density at radius 1 is 1.50 bits per heavy atom. The van der Waals surface area contributed by atoms with E-state index in [0.29, 0.717) is 11.7 Å². The van der Waals surface area contributed by atoms with Crippen LogP contribution in [0.3, 0.4) is 0 Å². The number of fused-ring (bicyclic) bond motifs is 1. The monoisotopic (exact) mass is 181 g/mol. The second kappa shape index (κ2) is 2.77. The molecule has 0 aliphatic carbocycles. The molecule has 0 bridgehead atoms. The number of hydrogen-bond donors (Lipinski definition) is 2. The summed E-state index contributed by atoms with van der Waals surface area (Å²) in [6.07, 6.45) is 0. The summed E-state index contributed by atoms with van der Waals surface area (Å²) in [6, 6.07) is 5.78. The summed E-state index contributed by atoms with van der Waals surface area (Å²) in [5.74, 6) is 0. The zero-order valence-electron chi connectivity index (χ0n) is 6.34. The lowest BCUT2D eigenvalue weighted by Crippen LogP contribution is -1.96. The third-order valence-electron chi connectivity index (χ3n) is 1.84. The minimum atomic E-state index is 0.485. The maximum atomic E-state index is 5.84. The van der Waals surface area contributed by atoms with Crippen molar-refractivity contribution in [2.45, 2.75) is 6.54 Å². The van der Waals surface area contributed by atoms with Gasteiger partial charge in [0, 0.05) is 11.9 Å². The molecule has 12 heavy (non-hydrogen) atoms. The first-order valence-corrected chi connectivity index (χ1v) is 4.02. The third-order valence-corrected chi connectivity index (χ3v) is 2.13. The van der Waals surface area contributed by atoms with Crippen LogP contribution < -0.4 is 5.73 Å². The molecule has 0 aliphatic heterocycles. The highest BCUT2D eigenvalue weighted by Crippen LogP contribution is 2.22. The highest BCUT2D eigenvalue weighted by atomic mass is 35.5. The van der Waals surface area contributed by atoms with Crippen molar-refractivity contribution in [3.05, 3.63) is 28.9 Å². The molecule has 3 N–H and O–H groups in total. The van der Waals surface area contributed by atoms with Crippen molar-refractivity contribution in [1.29, 1.82) is 0 Å². The first-order chi connectivity index (χ1) is 5.83. The summed E-state index contributed by atoms with van der Waals surface area (Å²) in [5.41, 5.74) is 7.40. The van der Waals surface area contributed by atoms with E-state index < -0.39 is 0 Å². The Kier molecular flexibility index (Phi) is 1.75. The topological polar surface area (TPSA) is 54.7 Å². The minimum Gasteiger partial charge on any atom is -0.326 e. The van der Waals surface area contributed by atoms with Crippen LogP contribution in [0.15, 0.2) is 18.2 Å². The van der Waals surface area contributed by atoms with Gasteiger partial charge in [0.1, 0.15) is 5.15 Å². The van der Waals surface area contributed by atoms with Crippen LogP contribution in [-0.4, -0.2) is 10.2 Å². The summed E-state index contributed by atoms with van der Waals surface area (Å²) in [7, 11) is 0. The molecule has 0 spiro atoms. The second-order valence-electron chi connectivity index (χ2n) is 2.56. The van der Waals surface area contributed by atoms with Crippen LogP contribution >= 0.6 is 11.6 Å². The van der Waals surface area contributed by atoms with E-state index in [4.69, 9.17) is 17.3 Å². The van der Waals surface area contributed by atoms with Gasteiger partial charge in [0.05, 0.1) is 5.52 Å². The van der Waals surface area contributed by atoms with Gasteiger partial charge in [0.2, 0.25) is 0 Å². The Labute approximate surface area is 74.5 Å². The van der Waals surface area contributed by atoms with E-state index in [1.165, 1.54) is 0 Å². The van der Waals surface area contributed by atoms with E-state index in [1.807, 2.05) is 18.2 Å². The SMILES string of the molecule is NCc1cccc2c(Cl)[nH]nc12. The molecular formula is C8H8ClN3. The summed E-state index contributed by atoms with van der Waals surface area (Å²) in [5, 5.41) is 8.26. The average molecular weight is 182 g/mol. The van der Waals surface area contributed by atoms with E-state index in [0.717, 1.165) is 16.5 Å². The van der Waals surface area contributed by atoms with Gasteiger partial charge in [0.25, 0.3) is 0 Å². The lowest BCUT2D eigenvalue weighted by molar-refractivity contribution is 1.06. The van der Waals surface area contributed by atoms with Crippen molar-refractivity contribution in [3.8, 4) is 0 Å². The van der Waals surface area contributed by atoms with Crippen molar-refractivity contribution in [2.75, 3.05) is 0 Å². The first kappa shape index (κ1) is 7.58. The summed E-state index contributed by atoms with van der Waals surface area (Å²) in [4.78, 5) is 0. The molecule has 0 aliphatic rings. The van der Waals surface area contributed by atoms with Gasteiger partial charge >= 0.3 is 0 Å². The van der Waals surface area contributed by atoms with Crippen LogP contribution in [0, 0.1) is 0 Å². The van der Waals surface area contributed by atoms with Gasteiger partial charge in [-0.1, -0.05) is 23.7 Å². The molecule has 4 heteroatoms. The van der Waals surface area contributed by atoms with Gasteiger partial charge < -0.3 is 5.73 Å². The molecule has 1 aromatic carbocycles. The lowest BCUT2D eigenvalue weighted by atomic mass is 10.1. The number of nitrogens with one attached hydrogen (secondary N) is 1. The standard InChI is InChI=1S/C8H8ClN3/c9-8-6-3-1-2-5(4-10)7(6)11-12-8/h1-3H,4,10H2,(H,11,12). The fraction of sp³-hybridized carbons (Fsp3) is 0.125. The maximum Gasteiger partial charge on any atom is 0.132 e. The average Bonchev–Trinajstić information content (AvgIpc) is 2.48. The molecule has 1 heterocycles. The second-order valence-corrected chi connectivity index (χ2v) is 2.93. The molecule has 0 atom stereocenters. The summed E-state index contributed by atoms with van der Waals surface area (Å²) < 4.78 is 0. The van der Waals surface area contributed by atoms with Gasteiger partial charge in [-0.05, 0) is 11.6 Å². The molecule has 0 saturated carbocycles. The predicted molar refractivity (Wildman–Crippen MR) is 49.0 cm³/mol. The van der Waals surface area contributed by atoms with E-state index in [-0.39, 0.29) is 0 Å². The Hall–Kier alpha value is -1.06. The molecule has 2 aromatic rings. The van der Waals surface area contributed by atoms with Gasteiger partial charge in [-0.15, -0.1) is 0 Å².